The number of nitrogens with one attached hydrogen (secondary N) is 1. The van der Waals surface area contributed by atoms with Crippen LogP contribution in [-0.2, 0) is 21.2 Å². The van der Waals surface area contributed by atoms with Crippen molar-refractivity contribution < 1.29 is 22.7 Å². The van der Waals surface area contributed by atoms with E-state index in [0.717, 1.165) is 30.4 Å². The van der Waals surface area contributed by atoms with Gasteiger partial charge in [-0.15, -0.1) is 0 Å². The van der Waals surface area contributed by atoms with E-state index in [1.165, 1.54) is 9.87 Å². The van der Waals surface area contributed by atoms with Gasteiger partial charge in [0.1, 0.15) is 18.1 Å². The predicted octanol–water partition coefficient (Wildman–Crippen LogP) is 2.67. The third kappa shape index (κ3) is 5.44. The summed E-state index contributed by atoms with van der Waals surface area (Å²) in [4.78, 5) is 12.6. The van der Waals surface area contributed by atoms with Crippen molar-refractivity contribution in [3.63, 3.8) is 0 Å². The van der Waals surface area contributed by atoms with Crippen LogP contribution in [0.4, 0.5) is 5.69 Å². The molecule has 0 fully saturated rings. The third-order valence-corrected chi connectivity index (χ3v) is 5.96. The van der Waals surface area contributed by atoms with E-state index in [1.807, 2.05) is 37.3 Å². The van der Waals surface area contributed by atoms with Gasteiger partial charge in [0.05, 0.1) is 25.0 Å². The molecule has 162 valence electrons. The SMILES string of the molecule is CCCc1ccc(OCCNC(=O)C2CN(S(C)(=O)=O)c3ccc(C)cc3O2)cc1. The molecule has 0 saturated carbocycles. The minimum Gasteiger partial charge on any atom is -0.492 e. The van der Waals surface area contributed by atoms with Crippen LogP contribution < -0.4 is 19.1 Å². The molecule has 0 radical (unpaired) electrons. The smallest absolute Gasteiger partial charge is 0.263 e. The van der Waals surface area contributed by atoms with Crippen LogP contribution in [0.3, 0.4) is 0 Å². The van der Waals surface area contributed by atoms with Gasteiger partial charge >= 0.3 is 0 Å². The highest BCUT2D eigenvalue weighted by atomic mass is 32.2. The molecule has 7 nitrogen and oxygen atoms in total. The van der Waals surface area contributed by atoms with Crippen molar-refractivity contribution in [3.05, 3.63) is 53.6 Å². The van der Waals surface area contributed by atoms with E-state index in [4.69, 9.17) is 9.47 Å². The van der Waals surface area contributed by atoms with Gasteiger partial charge < -0.3 is 14.8 Å². The predicted molar refractivity (Wildman–Crippen MR) is 117 cm³/mol. The fourth-order valence-corrected chi connectivity index (χ4v) is 4.22. The Labute approximate surface area is 178 Å². The highest BCUT2D eigenvalue weighted by Gasteiger charge is 2.34. The molecule has 1 aliphatic rings. The summed E-state index contributed by atoms with van der Waals surface area (Å²) in [6, 6.07) is 13.1. The van der Waals surface area contributed by atoms with Crippen LogP contribution >= 0.6 is 0 Å². The lowest BCUT2D eigenvalue weighted by atomic mass is 10.1. The minimum absolute atomic E-state index is 0.0690. The van der Waals surface area contributed by atoms with Crippen molar-refractivity contribution in [1.29, 1.82) is 0 Å². The normalized spacial score (nSPS) is 15.8. The second-order valence-electron chi connectivity index (χ2n) is 7.41. The number of amides is 1. The van der Waals surface area contributed by atoms with Crippen LogP contribution in [-0.4, -0.2) is 46.4 Å². The fourth-order valence-electron chi connectivity index (χ4n) is 3.31. The average Bonchev–Trinajstić information content (AvgIpc) is 2.70. The zero-order chi connectivity index (χ0) is 21.7. The molecule has 1 atom stereocenters. The number of rotatable bonds is 8. The lowest BCUT2D eigenvalue weighted by Crippen LogP contribution is -2.51. The van der Waals surface area contributed by atoms with Crippen LogP contribution in [0.2, 0.25) is 0 Å². The molecule has 2 aromatic rings. The number of ether oxygens (including phenoxy) is 2. The van der Waals surface area contributed by atoms with Crippen molar-refractivity contribution in [2.24, 2.45) is 0 Å². The third-order valence-electron chi connectivity index (χ3n) is 4.81. The molecule has 3 rings (SSSR count). The molecular weight excluding hydrogens is 404 g/mol. The molecule has 30 heavy (non-hydrogen) atoms. The van der Waals surface area contributed by atoms with E-state index >= 15 is 0 Å². The van der Waals surface area contributed by atoms with Crippen LogP contribution in [0, 0.1) is 6.92 Å². The number of nitrogens with zero attached hydrogens (tertiary/aromatic N) is 1. The van der Waals surface area contributed by atoms with Gasteiger partial charge in [-0.25, -0.2) is 8.42 Å². The lowest BCUT2D eigenvalue weighted by Gasteiger charge is -2.34. The highest BCUT2D eigenvalue weighted by Crippen LogP contribution is 2.35. The molecular formula is C22H28N2O5S. The summed E-state index contributed by atoms with van der Waals surface area (Å²) in [5, 5.41) is 2.76. The number of fused-ring (bicyclic) bond motifs is 1. The van der Waals surface area contributed by atoms with Crippen LogP contribution in [0.15, 0.2) is 42.5 Å². The van der Waals surface area contributed by atoms with Gasteiger partial charge in [0, 0.05) is 0 Å². The maximum atomic E-state index is 12.6. The van der Waals surface area contributed by atoms with Crippen LogP contribution in [0.1, 0.15) is 24.5 Å². The Morgan fingerprint density at radius 3 is 2.63 bits per heavy atom. The second kappa shape index (κ2) is 9.38. The van der Waals surface area contributed by atoms with Crippen molar-refractivity contribution in [2.45, 2.75) is 32.8 Å². The molecule has 0 spiro atoms. The van der Waals surface area contributed by atoms with Crippen molar-refractivity contribution in [2.75, 3.05) is 30.3 Å². The summed E-state index contributed by atoms with van der Waals surface area (Å²) < 4.78 is 37.1. The Hall–Kier alpha value is -2.74. The molecule has 0 bridgehead atoms. The number of carbonyl (C=O) groups is 1. The van der Waals surface area contributed by atoms with Crippen molar-refractivity contribution in [1.82, 2.24) is 5.32 Å². The summed E-state index contributed by atoms with van der Waals surface area (Å²) in [6.07, 6.45) is 2.32. The zero-order valence-corrected chi connectivity index (χ0v) is 18.4. The Bertz CT molecular complexity index is 989. The highest BCUT2D eigenvalue weighted by molar-refractivity contribution is 7.92. The Morgan fingerprint density at radius 2 is 1.97 bits per heavy atom. The van der Waals surface area contributed by atoms with Gasteiger partial charge in [0.2, 0.25) is 10.0 Å². The van der Waals surface area contributed by atoms with E-state index in [1.54, 1.807) is 12.1 Å². The van der Waals surface area contributed by atoms with Crippen LogP contribution in [0.25, 0.3) is 0 Å². The standard InChI is InChI=1S/C22H28N2O5S/c1-4-5-17-7-9-18(10-8-17)28-13-12-23-22(25)21-15-24(30(3,26)27)19-11-6-16(2)14-20(19)29-21/h6-11,14,21H,4-5,12-13,15H2,1-3H3,(H,23,25). The number of aryl methyl sites for hydroxylation is 2. The Kier molecular flexibility index (Phi) is 6.87. The maximum absolute atomic E-state index is 12.6. The molecule has 0 aromatic heterocycles. The second-order valence-corrected chi connectivity index (χ2v) is 9.31. The van der Waals surface area contributed by atoms with E-state index in [9.17, 15) is 13.2 Å². The summed E-state index contributed by atoms with van der Waals surface area (Å²) in [5.41, 5.74) is 2.63. The number of hydrogen-bond donors (Lipinski definition) is 1. The summed E-state index contributed by atoms with van der Waals surface area (Å²) in [7, 11) is -3.54. The maximum Gasteiger partial charge on any atom is 0.263 e. The van der Waals surface area contributed by atoms with Gasteiger partial charge in [-0.05, 0) is 48.7 Å². The van der Waals surface area contributed by atoms with Gasteiger partial charge in [-0.1, -0.05) is 31.5 Å². The molecule has 1 aliphatic heterocycles. The van der Waals surface area contributed by atoms with Gasteiger partial charge in [-0.3, -0.25) is 9.10 Å². The van der Waals surface area contributed by atoms with Crippen LogP contribution in [0.5, 0.6) is 11.5 Å². The molecule has 1 heterocycles. The average molecular weight is 433 g/mol. The number of anilines is 1. The monoisotopic (exact) mass is 432 g/mol. The Morgan fingerprint density at radius 1 is 1.23 bits per heavy atom. The van der Waals surface area contributed by atoms with Gasteiger partial charge in [0.25, 0.3) is 5.91 Å². The fraction of sp³-hybridized carbons (Fsp3) is 0.409. The minimum atomic E-state index is -3.54. The first-order valence-corrected chi connectivity index (χ1v) is 11.9. The van der Waals surface area contributed by atoms with E-state index in [-0.39, 0.29) is 19.0 Å². The molecule has 1 amide bonds. The molecule has 1 unspecified atom stereocenters. The van der Waals surface area contributed by atoms with E-state index < -0.39 is 16.1 Å². The van der Waals surface area contributed by atoms with Gasteiger partial charge in [0.15, 0.2) is 6.10 Å². The first-order valence-electron chi connectivity index (χ1n) is 10.0. The topological polar surface area (TPSA) is 84.9 Å². The lowest BCUT2D eigenvalue weighted by molar-refractivity contribution is -0.127. The summed E-state index contributed by atoms with van der Waals surface area (Å²) in [5.74, 6) is 0.749. The largest absolute Gasteiger partial charge is 0.492 e. The van der Waals surface area contributed by atoms with Crippen molar-refractivity contribution in [3.8, 4) is 11.5 Å². The number of benzene rings is 2. The summed E-state index contributed by atoms with van der Waals surface area (Å²) in [6.45, 7) is 4.54. The Balaban J connectivity index is 1.56. The first kappa shape index (κ1) is 22.0. The first-order chi connectivity index (χ1) is 14.3. The number of hydrogen-bond acceptors (Lipinski definition) is 5. The summed E-state index contributed by atoms with van der Waals surface area (Å²) >= 11 is 0. The van der Waals surface area contributed by atoms with Crippen molar-refractivity contribution >= 4 is 21.6 Å². The number of carbonyl (C=O) groups excluding carboxylic acids is 1. The molecule has 8 heteroatoms. The molecule has 0 saturated heterocycles. The van der Waals surface area contributed by atoms with E-state index in [2.05, 4.69) is 12.2 Å². The zero-order valence-electron chi connectivity index (χ0n) is 17.6. The molecule has 1 N–H and O–H groups in total. The van der Waals surface area contributed by atoms with Gasteiger partial charge in [-0.2, -0.15) is 0 Å². The molecule has 2 aromatic carbocycles. The molecule has 0 aliphatic carbocycles. The number of sulfonamides is 1. The van der Waals surface area contributed by atoms with E-state index in [0.29, 0.717) is 18.0 Å². The quantitative estimate of drug-likeness (QED) is 0.649.